The Morgan fingerprint density at radius 1 is 1.61 bits per heavy atom. The van der Waals surface area contributed by atoms with Gasteiger partial charge in [-0.2, -0.15) is 0 Å². The Labute approximate surface area is 110 Å². The van der Waals surface area contributed by atoms with Gasteiger partial charge in [-0.3, -0.25) is 0 Å². The van der Waals surface area contributed by atoms with Gasteiger partial charge in [-0.05, 0) is 6.42 Å². The van der Waals surface area contributed by atoms with Crippen LogP contribution in [0.25, 0.3) is 0 Å². The summed E-state index contributed by atoms with van der Waals surface area (Å²) >= 11 is 1.53. The predicted molar refractivity (Wildman–Crippen MR) is 68.7 cm³/mol. The molecule has 0 saturated heterocycles. The lowest BCUT2D eigenvalue weighted by Crippen LogP contribution is -2.47. The van der Waals surface area contributed by atoms with Gasteiger partial charge in [-0.15, -0.1) is 11.3 Å². The summed E-state index contributed by atoms with van der Waals surface area (Å²) < 4.78 is 0. The third-order valence-electron chi connectivity index (χ3n) is 2.56. The van der Waals surface area contributed by atoms with E-state index in [4.69, 9.17) is 5.11 Å². The predicted octanol–water partition coefficient (Wildman–Crippen LogP) is 1.19. The fourth-order valence-electron chi connectivity index (χ4n) is 1.53. The molecule has 0 fully saturated rings. The van der Waals surface area contributed by atoms with Crippen LogP contribution in [0, 0.1) is 0 Å². The average molecular weight is 271 g/mol. The Balaban J connectivity index is 2.37. The van der Waals surface area contributed by atoms with E-state index in [0.29, 0.717) is 19.4 Å². The molecule has 1 unspecified atom stereocenters. The second-order valence-electron chi connectivity index (χ2n) is 3.78. The first-order valence-electron chi connectivity index (χ1n) is 5.68. The number of nitrogens with one attached hydrogen (secondary N) is 1. The van der Waals surface area contributed by atoms with Crippen molar-refractivity contribution < 1.29 is 14.7 Å². The molecule has 6 nitrogen and oxygen atoms in total. The summed E-state index contributed by atoms with van der Waals surface area (Å²) in [5, 5.41) is 14.4. The van der Waals surface area contributed by atoms with Gasteiger partial charge in [-0.25, -0.2) is 14.6 Å². The van der Waals surface area contributed by atoms with Gasteiger partial charge in [-0.1, -0.05) is 6.92 Å². The Hall–Kier alpha value is -1.63. The van der Waals surface area contributed by atoms with Crippen molar-refractivity contribution in [2.24, 2.45) is 0 Å². The summed E-state index contributed by atoms with van der Waals surface area (Å²) in [6.45, 7) is 2.19. The maximum Gasteiger partial charge on any atom is 0.326 e. The maximum absolute atomic E-state index is 11.7. The summed E-state index contributed by atoms with van der Waals surface area (Å²) in [5.41, 5.74) is 0. The number of carbonyl (C=O) groups is 2. The van der Waals surface area contributed by atoms with E-state index >= 15 is 0 Å². The Morgan fingerprint density at radius 3 is 2.83 bits per heavy atom. The molecular formula is C11H17N3O3S. The lowest BCUT2D eigenvalue weighted by molar-refractivity contribution is -0.141. The number of carboxylic acid groups (broad SMARTS) is 1. The fourth-order valence-corrected chi connectivity index (χ4v) is 2.15. The molecule has 100 valence electrons. The topological polar surface area (TPSA) is 82.5 Å². The highest BCUT2D eigenvalue weighted by Crippen LogP contribution is 2.05. The van der Waals surface area contributed by atoms with Crippen molar-refractivity contribution in [3.05, 3.63) is 16.6 Å². The molecule has 0 aliphatic rings. The van der Waals surface area contributed by atoms with Crippen LogP contribution in [0.15, 0.2) is 11.6 Å². The first-order chi connectivity index (χ1) is 8.56. The molecule has 1 heterocycles. The zero-order valence-electron chi connectivity index (χ0n) is 10.4. The number of rotatable bonds is 6. The number of amides is 2. The smallest absolute Gasteiger partial charge is 0.326 e. The van der Waals surface area contributed by atoms with E-state index < -0.39 is 12.0 Å². The van der Waals surface area contributed by atoms with Crippen LogP contribution in [0.5, 0.6) is 0 Å². The molecule has 0 aromatic carbocycles. The normalized spacial score (nSPS) is 11.9. The highest BCUT2D eigenvalue weighted by molar-refractivity contribution is 7.09. The number of hydrogen-bond donors (Lipinski definition) is 2. The zero-order valence-corrected chi connectivity index (χ0v) is 11.2. The SMILES string of the molecule is CCC(C(=O)O)N(C)C(=O)NCCc1nccs1. The maximum atomic E-state index is 11.7. The van der Waals surface area contributed by atoms with E-state index in [-0.39, 0.29) is 6.03 Å². The number of carboxylic acids is 1. The number of aliphatic carboxylic acids is 1. The molecule has 0 saturated carbocycles. The second kappa shape index (κ2) is 6.95. The van der Waals surface area contributed by atoms with Crippen LogP contribution in [0.4, 0.5) is 4.79 Å². The third-order valence-corrected chi connectivity index (χ3v) is 3.40. The molecule has 0 bridgehead atoms. The summed E-state index contributed by atoms with van der Waals surface area (Å²) in [6.07, 6.45) is 2.75. The number of likely N-dealkylation sites (N-methyl/N-ethyl adjacent to an activating group) is 1. The first kappa shape index (κ1) is 14.4. The molecule has 1 atom stereocenters. The van der Waals surface area contributed by atoms with Crippen molar-refractivity contribution in [2.75, 3.05) is 13.6 Å². The average Bonchev–Trinajstić information content (AvgIpc) is 2.82. The summed E-state index contributed by atoms with van der Waals surface area (Å²) in [7, 11) is 1.49. The zero-order chi connectivity index (χ0) is 13.5. The molecule has 0 aliphatic carbocycles. The lowest BCUT2D eigenvalue weighted by Gasteiger charge is -2.23. The largest absolute Gasteiger partial charge is 0.480 e. The van der Waals surface area contributed by atoms with E-state index in [2.05, 4.69) is 10.3 Å². The second-order valence-corrected chi connectivity index (χ2v) is 4.76. The Morgan fingerprint density at radius 2 is 2.33 bits per heavy atom. The number of thiazole rings is 1. The van der Waals surface area contributed by atoms with Crippen LogP contribution >= 0.6 is 11.3 Å². The molecule has 2 N–H and O–H groups in total. The van der Waals surface area contributed by atoms with Gasteiger partial charge >= 0.3 is 12.0 Å². The molecule has 1 aromatic heterocycles. The van der Waals surface area contributed by atoms with Crippen LogP contribution in [0.2, 0.25) is 0 Å². The number of carbonyl (C=O) groups excluding carboxylic acids is 1. The molecule has 7 heteroatoms. The van der Waals surface area contributed by atoms with Crippen LogP contribution in [-0.4, -0.2) is 46.6 Å². The molecule has 0 aliphatic heterocycles. The minimum absolute atomic E-state index is 0.374. The van der Waals surface area contributed by atoms with Crippen molar-refractivity contribution in [1.82, 2.24) is 15.2 Å². The number of aromatic nitrogens is 1. The Kier molecular flexibility index (Phi) is 5.57. The van der Waals surface area contributed by atoms with Gasteiger partial charge in [0.15, 0.2) is 0 Å². The quantitative estimate of drug-likeness (QED) is 0.814. The highest BCUT2D eigenvalue weighted by Gasteiger charge is 2.24. The van der Waals surface area contributed by atoms with Crippen LogP contribution in [0.1, 0.15) is 18.4 Å². The Bertz CT molecular complexity index is 394. The van der Waals surface area contributed by atoms with Crippen LogP contribution in [0.3, 0.4) is 0 Å². The van der Waals surface area contributed by atoms with E-state index in [1.54, 1.807) is 13.1 Å². The first-order valence-corrected chi connectivity index (χ1v) is 6.56. The summed E-state index contributed by atoms with van der Waals surface area (Å²) in [6, 6.07) is -1.16. The lowest BCUT2D eigenvalue weighted by atomic mass is 10.2. The number of urea groups is 1. The fraction of sp³-hybridized carbons (Fsp3) is 0.545. The van der Waals surface area contributed by atoms with Crippen LogP contribution < -0.4 is 5.32 Å². The van der Waals surface area contributed by atoms with Crippen molar-refractivity contribution >= 4 is 23.3 Å². The molecule has 0 spiro atoms. The van der Waals surface area contributed by atoms with E-state index in [1.165, 1.54) is 23.3 Å². The molecule has 18 heavy (non-hydrogen) atoms. The van der Waals surface area contributed by atoms with Crippen LogP contribution in [-0.2, 0) is 11.2 Å². The van der Waals surface area contributed by atoms with E-state index in [9.17, 15) is 9.59 Å². The molecule has 0 radical (unpaired) electrons. The van der Waals surface area contributed by atoms with Gasteiger partial charge in [0.25, 0.3) is 0 Å². The summed E-state index contributed by atoms with van der Waals surface area (Å²) in [4.78, 5) is 27.9. The van der Waals surface area contributed by atoms with Gasteiger partial charge < -0.3 is 15.3 Å². The van der Waals surface area contributed by atoms with Gasteiger partial charge in [0.2, 0.25) is 0 Å². The highest BCUT2D eigenvalue weighted by atomic mass is 32.1. The van der Waals surface area contributed by atoms with Crippen molar-refractivity contribution in [2.45, 2.75) is 25.8 Å². The van der Waals surface area contributed by atoms with Crippen molar-refractivity contribution in [3.8, 4) is 0 Å². The molecule has 2 amide bonds. The van der Waals surface area contributed by atoms with Crippen molar-refractivity contribution in [1.29, 1.82) is 0 Å². The monoisotopic (exact) mass is 271 g/mol. The summed E-state index contributed by atoms with van der Waals surface area (Å²) in [5.74, 6) is -0.991. The van der Waals surface area contributed by atoms with Gasteiger partial charge in [0.05, 0.1) is 5.01 Å². The van der Waals surface area contributed by atoms with Gasteiger partial charge in [0, 0.05) is 31.6 Å². The number of nitrogens with zero attached hydrogens (tertiary/aromatic N) is 2. The molecular weight excluding hydrogens is 254 g/mol. The standard InChI is InChI=1S/C11H17N3O3S/c1-3-8(10(15)16)14(2)11(17)13-5-4-9-12-6-7-18-9/h6-8H,3-5H2,1-2H3,(H,13,17)(H,15,16). The van der Waals surface area contributed by atoms with Gasteiger partial charge in [0.1, 0.15) is 6.04 Å². The van der Waals surface area contributed by atoms with E-state index in [0.717, 1.165) is 5.01 Å². The molecule has 1 rings (SSSR count). The van der Waals surface area contributed by atoms with Crippen molar-refractivity contribution in [3.63, 3.8) is 0 Å². The third kappa shape index (κ3) is 3.99. The number of hydrogen-bond acceptors (Lipinski definition) is 4. The van der Waals surface area contributed by atoms with E-state index in [1.807, 2.05) is 5.38 Å². The minimum atomic E-state index is -0.991. The minimum Gasteiger partial charge on any atom is -0.480 e. The molecule has 1 aromatic rings.